The Morgan fingerprint density at radius 2 is 1.73 bits per heavy atom. The molecule has 0 radical (unpaired) electrons. The molecular weight excluding hydrogens is 329 g/mol. The summed E-state index contributed by atoms with van der Waals surface area (Å²) in [7, 11) is -1.71. The van der Waals surface area contributed by atoms with Crippen LogP contribution in [0.3, 0.4) is 0 Å². The molecule has 1 unspecified atom stereocenters. The third kappa shape index (κ3) is 3.13. The Morgan fingerprint density at radius 1 is 1.09 bits per heavy atom. The van der Waals surface area contributed by atoms with Crippen molar-refractivity contribution in [2.75, 3.05) is 0 Å². The van der Waals surface area contributed by atoms with E-state index >= 15 is 0 Å². The molecular formula is C17H21ClF3S+. The molecule has 0 nitrogen and oxygen atoms in total. The van der Waals surface area contributed by atoms with Gasteiger partial charge in [-0.2, -0.15) is 0 Å². The molecule has 0 spiro atoms. The van der Waals surface area contributed by atoms with Gasteiger partial charge in [0.05, 0.1) is 10.5 Å². The molecule has 0 aliphatic heterocycles. The first-order chi connectivity index (χ1) is 9.88. The van der Waals surface area contributed by atoms with Crippen LogP contribution in [-0.4, -0.2) is 0 Å². The summed E-state index contributed by atoms with van der Waals surface area (Å²) in [6.07, 6.45) is 3.95. The van der Waals surface area contributed by atoms with E-state index in [0.717, 1.165) is 36.6 Å². The van der Waals surface area contributed by atoms with Crippen molar-refractivity contribution in [3.63, 3.8) is 0 Å². The van der Waals surface area contributed by atoms with E-state index in [1.54, 1.807) is 6.07 Å². The van der Waals surface area contributed by atoms with Crippen LogP contribution in [0.5, 0.6) is 0 Å². The van der Waals surface area contributed by atoms with E-state index in [1.165, 1.54) is 0 Å². The Hall–Kier alpha value is -0.740. The van der Waals surface area contributed by atoms with Crippen molar-refractivity contribution in [2.24, 2.45) is 0 Å². The summed E-state index contributed by atoms with van der Waals surface area (Å²) in [4.78, 5) is 0.635. The topological polar surface area (TPSA) is 0 Å². The Labute approximate surface area is 138 Å². The molecule has 3 rings (SSSR count). The van der Waals surface area contributed by atoms with Gasteiger partial charge in [0, 0.05) is 23.4 Å². The van der Waals surface area contributed by atoms with Gasteiger partial charge in [0.25, 0.3) is 0 Å². The van der Waals surface area contributed by atoms with E-state index in [4.69, 9.17) is 0 Å². The summed E-state index contributed by atoms with van der Waals surface area (Å²) in [6, 6.07) is 7.45. The molecule has 1 saturated carbocycles. The average molecular weight is 350 g/mol. The van der Waals surface area contributed by atoms with Crippen molar-refractivity contribution in [3.05, 3.63) is 34.7 Å². The van der Waals surface area contributed by atoms with Gasteiger partial charge in [0.15, 0.2) is 9.58 Å². The Balaban J connectivity index is 0.00000176. The number of halogens is 4. The maximum Gasteiger partial charge on any atom is 0.600 e. The first-order valence-corrected chi connectivity index (χ1v) is 8.77. The highest BCUT2D eigenvalue weighted by Gasteiger charge is 2.49. The zero-order chi connectivity index (χ0) is 15.2. The highest BCUT2D eigenvalue weighted by Crippen LogP contribution is 2.55. The minimum absolute atomic E-state index is 0. The maximum atomic E-state index is 13.6. The minimum atomic E-state index is -4.16. The summed E-state index contributed by atoms with van der Waals surface area (Å²) >= 11 is 0. The van der Waals surface area contributed by atoms with Crippen LogP contribution in [0.15, 0.2) is 24.3 Å². The van der Waals surface area contributed by atoms with Crippen molar-refractivity contribution in [1.29, 1.82) is 0 Å². The van der Waals surface area contributed by atoms with E-state index in [1.807, 2.05) is 32.0 Å². The molecule has 22 heavy (non-hydrogen) atoms. The summed E-state index contributed by atoms with van der Waals surface area (Å²) in [6.45, 7) is 4.04. The molecule has 0 amide bonds. The normalized spacial score (nSPS) is 17.3. The van der Waals surface area contributed by atoms with Crippen molar-refractivity contribution in [3.8, 4) is 0 Å². The highest BCUT2D eigenvalue weighted by molar-refractivity contribution is 7.38. The van der Waals surface area contributed by atoms with Crippen molar-refractivity contribution in [1.82, 2.24) is 0 Å². The smallest absolute Gasteiger partial charge is 0.147 e. The largest absolute Gasteiger partial charge is 0.600 e. The number of benzene rings is 1. The standard InChI is InChI=1S/C17H20F3S.ClH/c1-11(2)13-7-8-14-10-15(12-5-3-4-6-12)21(16(14)9-13)17(18,19)20;/h7-12H,3-6H2,1-2H3;1H/q+1;. The second kappa shape index (κ2) is 6.40. The Kier molecular flexibility index (Phi) is 5.13. The molecule has 1 aliphatic rings. The third-order valence-corrected chi connectivity index (χ3v) is 6.63. The van der Waals surface area contributed by atoms with Gasteiger partial charge in [-0.25, -0.2) is 0 Å². The number of alkyl halides is 3. The summed E-state index contributed by atoms with van der Waals surface area (Å²) in [5.74, 6) is 0.384. The van der Waals surface area contributed by atoms with Crippen molar-refractivity contribution >= 4 is 33.0 Å². The van der Waals surface area contributed by atoms with Crippen LogP contribution < -0.4 is 0 Å². The molecule has 0 bridgehead atoms. The summed E-state index contributed by atoms with van der Waals surface area (Å²) in [5, 5.41) is 0.780. The molecule has 1 heterocycles. The predicted molar refractivity (Wildman–Crippen MR) is 90.3 cm³/mol. The van der Waals surface area contributed by atoms with Gasteiger partial charge in [0.2, 0.25) is 0 Å². The van der Waals surface area contributed by atoms with Gasteiger partial charge in [0.1, 0.15) is 0 Å². The number of thiophene rings is 1. The molecule has 1 aromatic heterocycles. The molecule has 122 valence electrons. The number of rotatable bonds is 2. The lowest BCUT2D eigenvalue weighted by atomic mass is 10.0. The summed E-state index contributed by atoms with van der Waals surface area (Å²) < 4.78 is 41.4. The van der Waals surface area contributed by atoms with E-state index in [2.05, 4.69) is 0 Å². The monoisotopic (exact) mass is 349 g/mol. The van der Waals surface area contributed by atoms with E-state index in [9.17, 15) is 13.2 Å². The fourth-order valence-corrected chi connectivity index (χ4v) is 5.50. The number of hydrogen-bond donors (Lipinski definition) is 0. The highest BCUT2D eigenvalue weighted by atomic mass is 35.5. The van der Waals surface area contributed by atoms with Crippen LogP contribution >= 0.6 is 22.9 Å². The molecule has 5 heteroatoms. The second-order valence-corrected chi connectivity index (χ2v) is 8.22. The molecule has 1 fully saturated rings. The molecule has 2 aromatic rings. The second-order valence-electron chi connectivity index (χ2n) is 6.23. The van der Waals surface area contributed by atoms with E-state index in [0.29, 0.717) is 9.58 Å². The SMILES string of the molecule is CC(C)c1ccc2cc(C3CCCC3)[s+](C(F)(F)F)c2c1.Cl. The van der Waals surface area contributed by atoms with Crippen molar-refractivity contribution < 1.29 is 13.2 Å². The molecule has 1 atom stereocenters. The lowest BCUT2D eigenvalue weighted by molar-refractivity contribution is -0.0868. The first kappa shape index (κ1) is 17.6. The zero-order valence-electron chi connectivity index (χ0n) is 12.7. The van der Waals surface area contributed by atoms with Crippen LogP contribution in [0.25, 0.3) is 10.1 Å². The van der Waals surface area contributed by atoms with Crippen LogP contribution in [0, 0.1) is 0 Å². The fourth-order valence-electron chi connectivity index (χ4n) is 3.30. The van der Waals surface area contributed by atoms with Gasteiger partial charge in [-0.15, -0.1) is 25.6 Å². The average Bonchev–Trinajstić information content (AvgIpc) is 3.03. The zero-order valence-corrected chi connectivity index (χ0v) is 14.4. The lowest BCUT2D eigenvalue weighted by Crippen LogP contribution is -2.00. The van der Waals surface area contributed by atoms with Crippen LogP contribution in [0.4, 0.5) is 13.2 Å². The Bertz CT molecular complexity index is 652. The summed E-state index contributed by atoms with van der Waals surface area (Å²) in [5.41, 5.74) is -3.16. The van der Waals surface area contributed by atoms with Gasteiger partial charge < -0.3 is 0 Å². The van der Waals surface area contributed by atoms with Crippen molar-refractivity contribution in [2.45, 2.75) is 56.9 Å². The van der Waals surface area contributed by atoms with E-state index < -0.39 is 16.0 Å². The molecule has 0 N–H and O–H groups in total. The lowest BCUT2D eigenvalue weighted by Gasteiger charge is -2.06. The van der Waals surface area contributed by atoms with Gasteiger partial charge in [-0.3, -0.25) is 0 Å². The first-order valence-electron chi connectivity index (χ1n) is 7.54. The van der Waals surface area contributed by atoms with Gasteiger partial charge in [-0.1, -0.05) is 32.8 Å². The predicted octanol–water partition coefficient (Wildman–Crippen LogP) is 7.27. The van der Waals surface area contributed by atoms with Crippen LogP contribution in [0.2, 0.25) is 0 Å². The third-order valence-electron chi connectivity index (χ3n) is 4.45. The fraction of sp³-hybridized carbons (Fsp3) is 0.529. The van der Waals surface area contributed by atoms with E-state index in [-0.39, 0.29) is 24.2 Å². The maximum absolute atomic E-state index is 13.6. The van der Waals surface area contributed by atoms with Crippen LogP contribution in [-0.2, 0) is 5.51 Å². The Morgan fingerprint density at radius 3 is 2.27 bits per heavy atom. The molecule has 1 aliphatic carbocycles. The quantitative estimate of drug-likeness (QED) is 0.500. The number of fused-ring (bicyclic) bond motifs is 1. The minimum Gasteiger partial charge on any atom is -0.147 e. The number of hydrogen-bond acceptors (Lipinski definition) is 0. The molecule has 0 saturated heterocycles. The van der Waals surface area contributed by atoms with Gasteiger partial charge >= 0.3 is 5.51 Å². The molecule has 1 aromatic carbocycles. The van der Waals surface area contributed by atoms with Crippen LogP contribution in [0.1, 0.15) is 61.8 Å². The van der Waals surface area contributed by atoms with Gasteiger partial charge in [-0.05, 0) is 30.4 Å².